The van der Waals surface area contributed by atoms with Crippen LogP contribution >= 0.6 is 0 Å². The zero-order valence-electron chi connectivity index (χ0n) is 9.83. The van der Waals surface area contributed by atoms with Crippen molar-refractivity contribution in [3.05, 3.63) is 48.0 Å². The molecule has 17 heavy (non-hydrogen) atoms. The van der Waals surface area contributed by atoms with Gasteiger partial charge < -0.3 is 4.42 Å². The van der Waals surface area contributed by atoms with E-state index in [1.165, 1.54) is 12.1 Å². The summed E-state index contributed by atoms with van der Waals surface area (Å²) in [5.74, 6) is 3.85. The number of terminal acetylenes is 1. The summed E-state index contributed by atoms with van der Waals surface area (Å²) in [7, 11) is 0. The van der Waals surface area contributed by atoms with Crippen LogP contribution in [0.5, 0.6) is 0 Å². The molecule has 1 aromatic heterocycles. The Morgan fingerprint density at radius 2 is 1.76 bits per heavy atom. The van der Waals surface area contributed by atoms with E-state index < -0.39 is 5.41 Å². The fourth-order valence-electron chi connectivity index (χ4n) is 1.51. The van der Waals surface area contributed by atoms with E-state index in [0.717, 1.165) is 11.3 Å². The number of halogens is 1. The first-order valence-corrected chi connectivity index (χ1v) is 5.37. The van der Waals surface area contributed by atoms with Crippen molar-refractivity contribution in [2.75, 3.05) is 0 Å². The van der Waals surface area contributed by atoms with Crippen LogP contribution in [0.1, 0.15) is 19.6 Å². The van der Waals surface area contributed by atoms with Gasteiger partial charge in [-0.25, -0.2) is 4.39 Å². The van der Waals surface area contributed by atoms with Crippen LogP contribution in [-0.4, -0.2) is 0 Å². The van der Waals surface area contributed by atoms with Crippen molar-refractivity contribution < 1.29 is 8.81 Å². The summed E-state index contributed by atoms with van der Waals surface area (Å²) in [6.07, 6.45) is 5.45. The normalized spacial score (nSPS) is 11.2. The number of hydrogen-bond donors (Lipinski definition) is 0. The second-order valence-corrected chi connectivity index (χ2v) is 4.44. The lowest BCUT2D eigenvalue weighted by atomic mass is 9.92. The van der Waals surface area contributed by atoms with Gasteiger partial charge in [0.05, 0.1) is 5.41 Å². The van der Waals surface area contributed by atoms with Crippen LogP contribution in [0.4, 0.5) is 4.39 Å². The Morgan fingerprint density at radius 3 is 2.35 bits per heavy atom. The van der Waals surface area contributed by atoms with E-state index in [1.54, 1.807) is 12.1 Å². The molecule has 0 saturated carbocycles. The predicted molar refractivity (Wildman–Crippen MR) is 66.0 cm³/mol. The Balaban J connectivity index is 2.37. The molecular weight excluding hydrogens is 215 g/mol. The summed E-state index contributed by atoms with van der Waals surface area (Å²) in [5.41, 5.74) is 0.406. The quantitative estimate of drug-likeness (QED) is 0.708. The van der Waals surface area contributed by atoms with E-state index in [1.807, 2.05) is 26.0 Å². The Morgan fingerprint density at radius 1 is 1.12 bits per heavy atom. The standard InChI is InChI=1S/C15H13FO/c1-4-15(2,3)14-10-9-13(17-14)11-5-7-12(16)8-6-11/h1,5-10H,2-3H3. The highest BCUT2D eigenvalue weighted by Crippen LogP contribution is 2.29. The summed E-state index contributed by atoms with van der Waals surface area (Å²) >= 11 is 0. The lowest BCUT2D eigenvalue weighted by molar-refractivity contribution is 0.456. The van der Waals surface area contributed by atoms with Crippen molar-refractivity contribution in [1.29, 1.82) is 0 Å². The van der Waals surface area contributed by atoms with E-state index >= 15 is 0 Å². The maximum absolute atomic E-state index is 12.8. The third kappa shape index (κ3) is 2.24. The minimum Gasteiger partial charge on any atom is -0.460 e. The molecule has 2 rings (SSSR count). The molecule has 1 aromatic carbocycles. The first-order chi connectivity index (χ1) is 8.03. The fraction of sp³-hybridized carbons (Fsp3) is 0.200. The van der Waals surface area contributed by atoms with Crippen molar-refractivity contribution in [1.82, 2.24) is 0 Å². The first kappa shape index (κ1) is 11.5. The maximum atomic E-state index is 12.8. The van der Waals surface area contributed by atoms with Crippen molar-refractivity contribution >= 4 is 0 Å². The van der Waals surface area contributed by atoms with Crippen LogP contribution in [0, 0.1) is 18.2 Å². The Bertz CT molecular complexity index is 555. The molecule has 0 unspecified atom stereocenters. The van der Waals surface area contributed by atoms with Gasteiger partial charge in [-0.05, 0) is 50.2 Å². The molecule has 0 saturated heterocycles. The zero-order valence-corrected chi connectivity index (χ0v) is 9.83. The fourth-order valence-corrected chi connectivity index (χ4v) is 1.51. The molecule has 2 aromatic rings. The van der Waals surface area contributed by atoms with Gasteiger partial charge in [0, 0.05) is 5.56 Å². The monoisotopic (exact) mass is 228 g/mol. The summed E-state index contributed by atoms with van der Waals surface area (Å²) in [6.45, 7) is 3.83. The van der Waals surface area contributed by atoms with Gasteiger partial charge in [0.15, 0.2) is 0 Å². The number of furan rings is 1. The predicted octanol–water partition coefficient (Wildman–Crippen LogP) is 4.00. The van der Waals surface area contributed by atoms with Gasteiger partial charge in [0.25, 0.3) is 0 Å². The molecule has 0 atom stereocenters. The van der Waals surface area contributed by atoms with E-state index in [0.29, 0.717) is 5.76 Å². The topological polar surface area (TPSA) is 13.1 Å². The zero-order chi connectivity index (χ0) is 12.5. The molecule has 0 aliphatic heterocycles. The van der Waals surface area contributed by atoms with Gasteiger partial charge >= 0.3 is 0 Å². The number of rotatable bonds is 2. The minimum absolute atomic E-state index is 0.260. The molecule has 0 aliphatic rings. The van der Waals surface area contributed by atoms with Crippen LogP contribution in [-0.2, 0) is 5.41 Å². The Labute approximate surface area is 100 Å². The molecule has 0 fully saturated rings. The van der Waals surface area contributed by atoms with Gasteiger partial charge in [0.2, 0.25) is 0 Å². The van der Waals surface area contributed by atoms with Crippen LogP contribution < -0.4 is 0 Å². The molecule has 0 radical (unpaired) electrons. The second-order valence-electron chi connectivity index (χ2n) is 4.44. The number of hydrogen-bond acceptors (Lipinski definition) is 1. The van der Waals surface area contributed by atoms with Crippen LogP contribution in [0.15, 0.2) is 40.8 Å². The third-order valence-electron chi connectivity index (χ3n) is 2.71. The average Bonchev–Trinajstić information content (AvgIpc) is 2.80. The summed E-state index contributed by atoms with van der Waals surface area (Å²) in [4.78, 5) is 0. The molecule has 0 spiro atoms. The highest BCUT2D eigenvalue weighted by Gasteiger charge is 2.21. The van der Waals surface area contributed by atoms with E-state index in [2.05, 4.69) is 5.92 Å². The molecule has 2 heteroatoms. The Kier molecular flexibility index (Phi) is 2.77. The second kappa shape index (κ2) is 4.10. The van der Waals surface area contributed by atoms with Crippen LogP contribution in [0.2, 0.25) is 0 Å². The third-order valence-corrected chi connectivity index (χ3v) is 2.71. The first-order valence-electron chi connectivity index (χ1n) is 5.37. The van der Waals surface area contributed by atoms with Gasteiger partial charge in [0.1, 0.15) is 17.3 Å². The van der Waals surface area contributed by atoms with E-state index in [4.69, 9.17) is 10.8 Å². The molecule has 0 aliphatic carbocycles. The summed E-state index contributed by atoms with van der Waals surface area (Å²) in [6, 6.07) is 9.88. The van der Waals surface area contributed by atoms with E-state index in [-0.39, 0.29) is 5.82 Å². The summed E-state index contributed by atoms with van der Waals surface area (Å²) in [5, 5.41) is 0. The Hall–Kier alpha value is -2.01. The smallest absolute Gasteiger partial charge is 0.134 e. The van der Waals surface area contributed by atoms with Crippen LogP contribution in [0.3, 0.4) is 0 Å². The molecule has 0 bridgehead atoms. The van der Waals surface area contributed by atoms with Crippen LogP contribution in [0.25, 0.3) is 11.3 Å². The largest absolute Gasteiger partial charge is 0.460 e. The maximum Gasteiger partial charge on any atom is 0.134 e. The van der Waals surface area contributed by atoms with E-state index in [9.17, 15) is 4.39 Å². The van der Waals surface area contributed by atoms with Gasteiger partial charge in [-0.2, -0.15) is 0 Å². The molecule has 0 N–H and O–H groups in total. The van der Waals surface area contributed by atoms with Crippen molar-refractivity contribution in [2.24, 2.45) is 0 Å². The van der Waals surface area contributed by atoms with Crippen molar-refractivity contribution in [3.63, 3.8) is 0 Å². The van der Waals surface area contributed by atoms with Gasteiger partial charge in [-0.1, -0.05) is 5.92 Å². The molecule has 1 heterocycles. The highest BCUT2D eigenvalue weighted by atomic mass is 19.1. The highest BCUT2D eigenvalue weighted by molar-refractivity contribution is 5.57. The van der Waals surface area contributed by atoms with Crippen molar-refractivity contribution in [2.45, 2.75) is 19.3 Å². The lowest BCUT2D eigenvalue weighted by Crippen LogP contribution is -2.12. The molecule has 86 valence electrons. The summed E-state index contributed by atoms with van der Waals surface area (Å²) < 4.78 is 18.5. The molecule has 1 nitrogen and oxygen atoms in total. The molecular formula is C15H13FO. The number of benzene rings is 1. The average molecular weight is 228 g/mol. The lowest BCUT2D eigenvalue weighted by Gasteiger charge is -2.13. The molecule has 0 amide bonds. The van der Waals surface area contributed by atoms with Gasteiger partial charge in [-0.15, -0.1) is 6.42 Å². The van der Waals surface area contributed by atoms with Gasteiger partial charge in [-0.3, -0.25) is 0 Å². The SMILES string of the molecule is C#CC(C)(C)c1ccc(-c2ccc(F)cc2)o1. The van der Waals surface area contributed by atoms with Crippen molar-refractivity contribution in [3.8, 4) is 23.7 Å². The minimum atomic E-state index is -0.432.